The van der Waals surface area contributed by atoms with Crippen molar-refractivity contribution in [3.63, 3.8) is 0 Å². The number of aryl methyl sites for hydroxylation is 2. The summed E-state index contributed by atoms with van der Waals surface area (Å²) >= 11 is 0. The van der Waals surface area contributed by atoms with Crippen LogP contribution in [-0.4, -0.2) is 6.54 Å². The molecule has 0 fully saturated rings. The Morgan fingerprint density at radius 2 is 1.71 bits per heavy atom. The van der Waals surface area contributed by atoms with Gasteiger partial charge >= 0.3 is 0 Å². The second kappa shape index (κ2) is 6.81. The van der Waals surface area contributed by atoms with Gasteiger partial charge in [-0.3, -0.25) is 0 Å². The summed E-state index contributed by atoms with van der Waals surface area (Å²) in [6, 6.07) is 10.2. The molecule has 0 bridgehead atoms. The standard InChI is InChI=1S/C18H21F2N/c1-4-13-8-6-7-9-14(13)18(21-5-2)15-11-16(19)12(3)10-17(15)20/h6-11,18,21H,4-5H2,1-3H3. The second-order valence-electron chi connectivity index (χ2n) is 5.17. The van der Waals surface area contributed by atoms with Gasteiger partial charge in [0.1, 0.15) is 11.6 Å². The first-order valence-electron chi connectivity index (χ1n) is 7.35. The van der Waals surface area contributed by atoms with Crippen LogP contribution < -0.4 is 5.32 Å². The van der Waals surface area contributed by atoms with E-state index in [4.69, 9.17) is 0 Å². The Morgan fingerprint density at radius 1 is 1.00 bits per heavy atom. The van der Waals surface area contributed by atoms with Gasteiger partial charge in [-0.1, -0.05) is 38.1 Å². The number of rotatable bonds is 5. The van der Waals surface area contributed by atoms with Gasteiger partial charge in [0.25, 0.3) is 0 Å². The molecule has 1 unspecified atom stereocenters. The Bertz CT molecular complexity index is 623. The van der Waals surface area contributed by atoms with Crippen LogP contribution in [0.25, 0.3) is 0 Å². The predicted molar refractivity (Wildman–Crippen MR) is 82.4 cm³/mol. The van der Waals surface area contributed by atoms with Crippen molar-refractivity contribution in [2.24, 2.45) is 0 Å². The van der Waals surface area contributed by atoms with Crippen LogP contribution in [-0.2, 0) is 6.42 Å². The molecular formula is C18H21F2N. The van der Waals surface area contributed by atoms with Crippen LogP contribution in [0, 0.1) is 18.6 Å². The van der Waals surface area contributed by atoms with Crippen LogP contribution in [0.4, 0.5) is 8.78 Å². The number of hydrogen-bond acceptors (Lipinski definition) is 1. The summed E-state index contributed by atoms with van der Waals surface area (Å²) in [5.74, 6) is -0.742. The molecule has 0 aliphatic heterocycles. The molecule has 3 heteroatoms. The van der Waals surface area contributed by atoms with Gasteiger partial charge in [0.05, 0.1) is 6.04 Å². The molecule has 2 rings (SSSR count). The van der Waals surface area contributed by atoms with E-state index in [9.17, 15) is 8.78 Å². The van der Waals surface area contributed by atoms with Crippen LogP contribution in [0.2, 0.25) is 0 Å². The fraction of sp³-hybridized carbons (Fsp3) is 0.333. The van der Waals surface area contributed by atoms with E-state index < -0.39 is 0 Å². The van der Waals surface area contributed by atoms with Crippen molar-refractivity contribution in [2.75, 3.05) is 6.54 Å². The average molecular weight is 289 g/mol. The quantitative estimate of drug-likeness (QED) is 0.852. The van der Waals surface area contributed by atoms with E-state index in [1.807, 2.05) is 31.2 Å². The molecule has 2 aromatic carbocycles. The number of hydrogen-bond donors (Lipinski definition) is 1. The Labute approximate surface area is 125 Å². The normalized spacial score (nSPS) is 12.4. The van der Waals surface area contributed by atoms with E-state index in [-0.39, 0.29) is 17.7 Å². The summed E-state index contributed by atoms with van der Waals surface area (Å²) in [6.07, 6.45) is 0.855. The van der Waals surface area contributed by atoms with Gasteiger partial charge in [0.2, 0.25) is 0 Å². The first kappa shape index (κ1) is 15.6. The minimum Gasteiger partial charge on any atom is -0.306 e. The summed E-state index contributed by atoms with van der Waals surface area (Å²) in [5, 5.41) is 3.27. The number of halogens is 2. The minimum absolute atomic E-state index is 0.329. The smallest absolute Gasteiger partial charge is 0.128 e. The van der Waals surface area contributed by atoms with Crippen LogP contribution >= 0.6 is 0 Å². The summed E-state index contributed by atoms with van der Waals surface area (Å²) in [6.45, 7) is 6.28. The molecule has 0 saturated carbocycles. The molecule has 21 heavy (non-hydrogen) atoms. The highest BCUT2D eigenvalue weighted by atomic mass is 19.1. The van der Waals surface area contributed by atoms with Crippen molar-refractivity contribution in [3.05, 3.63) is 70.3 Å². The summed E-state index contributed by atoms with van der Waals surface area (Å²) in [4.78, 5) is 0. The fourth-order valence-corrected chi connectivity index (χ4v) is 2.61. The monoisotopic (exact) mass is 289 g/mol. The highest BCUT2D eigenvalue weighted by molar-refractivity contribution is 5.39. The highest BCUT2D eigenvalue weighted by Gasteiger charge is 2.20. The van der Waals surface area contributed by atoms with Gasteiger partial charge in [-0.2, -0.15) is 0 Å². The Hall–Kier alpha value is -1.74. The van der Waals surface area contributed by atoms with Crippen molar-refractivity contribution in [1.29, 1.82) is 0 Å². The molecule has 0 spiro atoms. The Morgan fingerprint density at radius 3 is 2.38 bits per heavy atom. The first-order valence-corrected chi connectivity index (χ1v) is 7.35. The lowest BCUT2D eigenvalue weighted by Gasteiger charge is -2.22. The van der Waals surface area contributed by atoms with Crippen molar-refractivity contribution in [3.8, 4) is 0 Å². The molecule has 0 heterocycles. The molecule has 0 aromatic heterocycles. The summed E-state index contributed by atoms with van der Waals surface area (Å²) < 4.78 is 28.2. The van der Waals surface area contributed by atoms with Crippen molar-refractivity contribution in [1.82, 2.24) is 5.32 Å². The average Bonchev–Trinajstić information content (AvgIpc) is 2.49. The molecule has 0 aliphatic rings. The predicted octanol–water partition coefficient (Wildman–Crippen LogP) is 4.53. The maximum Gasteiger partial charge on any atom is 0.128 e. The molecule has 1 nitrogen and oxygen atoms in total. The number of benzene rings is 2. The Kier molecular flexibility index (Phi) is 5.07. The maximum atomic E-state index is 14.3. The van der Waals surface area contributed by atoms with Crippen LogP contribution in [0.3, 0.4) is 0 Å². The molecule has 1 N–H and O–H groups in total. The molecule has 0 saturated heterocycles. The SMILES string of the molecule is CCNC(c1cc(F)c(C)cc1F)c1ccccc1CC. The van der Waals surface area contributed by atoms with E-state index in [0.717, 1.165) is 17.5 Å². The molecule has 112 valence electrons. The summed E-state index contributed by atoms with van der Waals surface area (Å²) in [7, 11) is 0. The van der Waals surface area contributed by atoms with Gasteiger partial charge in [-0.15, -0.1) is 0 Å². The van der Waals surface area contributed by atoms with Crippen LogP contribution in [0.15, 0.2) is 36.4 Å². The molecule has 0 aliphatic carbocycles. The zero-order valence-electron chi connectivity index (χ0n) is 12.7. The fourth-order valence-electron chi connectivity index (χ4n) is 2.61. The topological polar surface area (TPSA) is 12.0 Å². The van der Waals surface area contributed by atoms with Gasteiger partial charge in [0.15, 0.2) is 0 Å². The second-order valence-corrected chi connectivity index (χ2v) is 5.17. The third kappa shape index (κ3) is 3.30. The highest BCUT2D eigenvalue weighted by Crippen LogP contribution is 2.29. The molecule has 2 aromatic rings. The molecule has 0 amide bonds. The van der Waals surface area contributed by atoms with E-state index in [0.29, 0.717) is 17.7 Å². The maximum absolute atomic E-state index is 14.3. The lowest BCUT2D eigenvalue weighted by molar-refractivity contribution is 0.540. The third-order valence-electron chi connectivity index (χ3n) is 3.74. The largest absolute Gasteiger partial charge is 0.306 e. The Balaban J connectivity index is 2.56. The van der Waals surface area contributed by atoms with Crippen molar-refractivity contribution >= 4 is 0 Å². The van der Waals surface area contributed by atoms with Gasteiger partial charge < -0.3 is 5.32 Å². The van der Waals surface area contributed by atoms with Gasteiger partial charge in [0, 0.05) is 5.56 Å². The van der Waals surface area contributed by atoms with Crippen LogP contribution in [0.5, 0.6) is 0 Å². The third-order valence-corrected chi connectivity index (χ3v) is 3.74. The van der Waals surface area contributed by atoms with Crippen molar-refractivity contribution in [2.45, 2.75) is 33.2 Å². The lowest BCUT2D eigenvalue weighted by Crippen LogP contribution is -2.24. The molecular weight excluding hydrogens is 268 g/mol. The lowest BCUT2D eigenvalue weighted by atomic mass is 9.92. The summed E-state index contributed by atoms with van der Waals surface area (Å²) in [5.41, 5.74) is 2.84. The van der Waals surface area contributed by atoms with Gasteiger partial charge in [-0.05, 0) is 48.7 Å². The first-order chi connectivity index (χ1) is 10.1. The number of nitrogens with one attached hydrogen (secondary N) is 1. The van der Waals surface area contributed by atoms with E-state index >= 15 is 0 Å². The molecule has 0 radical (unpaired) electrons. The minimum atomic E-state index is -0.372. The van der Waals surface area contributed by atoms with Crippen molar-refractivity contribution < 1.29 is 8.78 Å². The van der Waals surface area contributed by atoms with E-state index in [1.54, 1.807) is 6.92 Å². The van der Waals surface area contributed by atoms with Gasteiger partial charge in [-0.25, -0.2) is 8.78 Å². The van der Waals surface area contributed by atoms with E-state index in [1.165, 1.54) is 12.1 Å². The zero-order valence-corrected chi connectivity index (χ0v) is 12.7. The molecule has 1 atom stereocenters. The zero-order chi connectivity index (χ0) is 15.4. The van der Waals surface area contributed by atoms with Crippen LogP contribution in [0.1, 0.15) is 42.1 Å². The van der Waals surface area contributed by atoms with E-state index in [2.05, 4.69) is 12.2 Å².